The number of benzene rings is 2. The molecule has 2 aromatic rings. The summed E-state index contributed by atoms with van der Waals surface area (Å²) in [6, 6.07) is 15.4. The molecule has 0 saturated heterocycles. The van der Waals surface area contributed by atoms with Gasteiger partial charge in [0, 0.05) is 35.3 Å². The van der Waals surface area contributed by atoms with Crippen molar-refractivity contribution in [3.63, 3.8) is 0 Å². The summed E-state index contributed by atoms with van der Waals surface area (Å²) in [4.78, 5) is 0. The van der Waals surface area contributed by atoms with E-state index in [0.717, 1.165) is 21.7 Å². The van der Waals surface area contributed by atoms with Gasteiger partial charge in [-0.05, 0) is 11.1 Å². The van der Waals surface area contributed by atoms with Crippen LogP contribution in [0, 0.1) is 0 Å². The van der Waals surface area contributed by atoms with Crippen LogP contribution < -0.4 is 10.6 Å². The summed E-state index contributed by atoms with van der Waals surface area (Å²) in [6.45, 7) is 15.5. The minimum absolute atomic E-state index is 0.327. The van der Waals surface area contributed by atoms with Gasteiger partial charge in [-0.15, -0.1) is 0 Å². The molecule has 2 rings (SSSR count). The van der Waals surface area contributed by atoms with Gasteiger partial charge in [-0.25, -0.2) is 0 Å². The lowest BCUT2D eigenvalue weighted by atomic mass is 10.1. The van der Waals surface area contributed by atoms with Gasteiger partial charge in [0.05, 0.1) is 51.5 Å². The summed E-state index contributed by atoms with van der Waals surface area (Å²) in [7, 11) is -5.44. The van der Waals surface area contributed by atoms with Crippen molar-refractivity contribution in [2.45, 2.75) is 0 Å². The van der Waals surface area contributed by atoms with E-state index < -0.39 is 14.3 Å². The maximum absolute atomic E-state index is 13.7. The Morgan fingerprint density at radius 3 is 0.972 bits per heavy atom. The summed E-state index contributed by atoms with van der Waals surface area (Å²) in [6.07, 6.45) is 7.01. The molecule has 2 aromatic carbocycles. The van der Waals surface area contributed by atoms with Crippen molar-refractivity contribution in [3.8, 4) is 11.1 Å². The van der Waals surface area contributed by atoms with Crippen LogP contribution in [0.25, 0.3) is 11.1 Å². The van der Waals surface area contributed by atoms with Gasteiger partial charge in [0.2, 0.25) is 0 Å². The van der Waals surface area contributed by atoms with Crippen LogP contribution >= 0.6 is 14.3 Å². The molecule has 0 spiro atoms. The molecular formula is C28H36O6P2. The van der Waals surface area contributed by atoms with E-state index >= 15 is 0 Å². The third-order valence-electron chi connectivity index (χ3n) is 5.76. The summed E-state index contributed by atoms with van der Waals surface area (Å²) < 4.78 is 48.3. The standard InChI is InChI=1S/C28H36O6P2/c1-5-31-17-21-35(29,22-18-32-6-2)27-13-9-25(10-14-27)26-11-15-28(16-12-26)36(30,23-19-33-7-3)24-20-34-8-4/h5-16H,1-4,17-24H2. The van der Waals surface area contributed by atoms with Gasteiger partial charge in [0.25, 0.3) is 0 Å². The van der Waals surface area contributed by atoms with Crippen molar-refractivity contribution in [1.82, 2.24) is 0 Å². The fourth-order valence-corrected chi connectivity index (χ4v) is 8.19. The van der Waals surface area contributed by atoms with E-state index in [4.69, 9.17) is 18.9 Å². The number of rotatable bonds is 19. The summed E-state index contributed by atoms with van der Waals surface area (Å²) >= 11 is 0. The van der Waals surface area contributed by atoms with Crippen molar-refractivity contribution >= 4 is 24.9 Å². The van der Waals surface area contributed by atoms with Gasteiger partial charge in [-0.2, -0.15) is 0 Å². The molecule has 6 nitrogen and oxygen atoms in total. The zero-order valence-corrected chi connectivity index (χ0v) is 22.5. The average Bonchev–Trinajstić information content (AvgIpc) is 2.89. The van der Waals surface area contributed by atoms with Crippen LogP contribution in [0.4, 0.5) is 0 Å². The molecule has 36 heavy (non-hydrogen) atoms. The van der Waals surface area contributed by atoms with Gasteiger partial charge in [-0.1, -0.05) is 74.8 Å². The van der Waals surface area contributed by atoms with E-state index in [2.05, 4.69) is 26.3 Å². The highest BCUT2D eigenvalue weighted by Crippen LogP contribution is 2.45. The lowest BCUT2D eigenvalue weighted by molar-refractivity contribution is 0.265. The minimum Gasteiger partial charge on any atom is -0.501 e. The molecule has 0 amide bonds. The Bertz CT molecular complexity index is 953. The van der Waals surface area contributed by atoms with Crippen molar-refractivity contribution in [2.24, 2.45) is 0 Å². The number of hydrogen-bond acceptors (Lipinski definition) is 6. The smallest absolute Gasteiger partial charge is 0.122 e. The molecule has 0 unspecified atom stereocenters. The van der Waals surface area contributed by atoms with E-state index in [9.17, 15) is 9.13 Å². The zero-order valence-electron chi connectivity index (χ0n) is 20.8. The first kappa shape index (κ1) is 29.3. The second kappa shape index (κ2) is 15.2. The van der Waals surface area contributed by atoms with E-state index in [1.807, 2.05) is 48.5 Å². The zero-order chi connectivity index (χ0) is 26.3. The third kappa shape index (κ3) is 8.62. The summed E-state index contributed by atoms with van der Waals surface area (Å²) in [5, 5.41) is 1.55. The largest absolute Gasteiger partial charge is 0.501 e. The van der Waals surface area contributed by atoms with E-state index in [1.54, 1.807) is 0 Å². The molecule has 0 aliphatic carbocycles. The van der Waals surface area contributed by atoms with Crippen LogP contribution in [0.1, 0.15) is 0 Å². The quantitative estimate of drug-likeness (QED) is 0.127. The predicted octanol–water partition coefficient (Wildman–Crippen LogP) is 5.97. The molecule has 0 heterocycles. The van der Waals surface area contributed by atoms with Gasteiger partial charge < -0.3 is 28.1 Å². The molecule has 0 N–H and O–H groups in total. The van der Waals surface area contributed by atoms with Crippen LogP contribution in [0.15, 0.2) is 99.9 Å². The van der Waals surface area contributed by atoms with Crippen LogP contribution in [0.5, 0.6) is 0 Å². The Balaban J connectivity index is 2.23. The number of hydrogen-bond donors (Lipinski definition) is 0. The van der Waals surface area contributed by atoms with E-state index in [1.165, 1.54) is 25.0 Å². The minimum atomic E-state index is -2.72. The molecule has 0 aromatic heterocycles. The van der Waals surface area contributed by atoms with Crippen molar-refractivity contribution in [3.05, 3.63) is 99.9 Å². The highest BCUT2D eigenvalue weighted by atomic mass is 31.2. The third-order valence-corrected chi connectivity index (χ3v) is 11.9. The second-order valence-electron chi connectivity index (χ2n) is 7.92. The van der Waals surface area contributed by atoms with Crippen LogP contribution in [0.3, 0.4) is 0 Å². The summed E-state index contributed by atoms with van der Waals surface area (Å²) in [5.74, 6) is 0. The SMILES string of the molecule is C=COCCP(=O)(CCOC=C)c1ccc(-c2ccc(P(=O)(CCOC=C)CCOC=C)cc2)cc1. The molecule has 0 atom stereocenters. The van der Waals surface area contributed by atoms with E-state index in [-0.39, 0.29) is 0 Å². The van der Waals surface area contributed by atoms with Gasteiger partial charge in [0.1, 0.15) is 14.3 Å². The normalized spacial score (nSPS) is 11.2. The monoisotopic (exact) mass is 530 g/mol. The molecule has 0 bridgehead atoms. The Hall–Kier alpha value is -2.94. The Morgan fingerprint density at radius 2 is 0.750 bits per heavy atom. The molecular weight excluding hydrogens is 494 g/mol. The first-order valence-electron chi connectivity index (χ1n) is 11.7. The highest BCUT2D eigenvalue weighted by Gasteiger charge is 2.26. The van der Waals surface area contributed by atoms with Gasteiger partial charge >= 0.3 is 0 Å². The molecule has 0 fully saturated rings. The molecule has 194 valence electrons. The molecule has 0 aliphatic rings. The topological polar surface area (TPSA) is 71.1 Å². The Labute approximate surface area is 215 Å². The molecule has 8 heteroatoms. The first-order valence-corrected chi connectivity index (χ1v) is 15.9. The van der Waals surface area contributed by atoms with Gasteiger partial charge in [0.15, 0.2) is 0 Å². The fraction of sp³-hybridized carbons (Fsp3) is 0.286. The Morgan fingerprint density at radius 1 is 0.500 bits per heavy atom. The van der Waals surface area contributed by atoms with Gasteiger partial charge in [-0.3, -0.25) is 0 Å². The molecule has 0 saturated carbocycles. The molecule has 0 radical (unpaired) electrons. The maximum Gasteiger partial charge on any atom is 0.122 e. The second-order valence-corrected chi connectivity index (χ2v) is 14.3. The maximum atomic E-state index is 13.7. The lowest BCUT2D eigenvalue weighted by Gasteiger charge is -2.20. The van der Waals surface area contributed by atoms with Crippen LogP contribution in [0.2, 0.25) is 0 Å². The van der Waals surface area contributed by atoms with E-state index in [0.29, 0.717) is 51.1 Å². The number of ether oxygens (including phenoxy) is 4. The fourth-order valence-electron chi connectivity index (χ4n) is 3.73. The van der Waals surface area contributed by atoms with Crippen LogP contribution in [-0.4, -0.2) is 51.1 Å². The van der Waals surface area contributed by atoms with Crippen molar-refractivity contribution < 1.29 is 28.1 Å². The Kier molecular flexibility index (Phi) is 12.4. The van der Waals surface area contributed by atoms with Crippen molar-refractivity contribution in [1.29, 1.82) is 0 Å². The predicted molar refractivity (Wildman–Crippen MR) is 150 cm³/mol. The average molecular weight is 531 g/mol. The first-order chi connectivity index (χ1) is 17.4. The summed E-state index contributed by atoms with van der Waals surface area (Å²) in [5.41, 5.74) is 1.95. The highest BCUT2D eigenvalue weighted by molar-refractivity contribution is 7.72. The van der Waals surface area contributed by atoms with Crippen molar-refractivity contribution in [2.75, 3.05) is 51.1 Å². The van der Waals surface area contributed by atoms with Crippen LogP contribution in [-0.2, 0) is 28.1 Å². The lowest BCUT2D eigenvalue weighted by Crippen LogP contribution is -2.16. The molecule has 0 aliphatic heterocycles.